The highest BCUT2D eigenvalue weighted by Gasteiger charge is 2.29. The first-order valence-corrected chi connectivity index (χ1v) is 4.88. The van der Waals surface area contributed by atoms with E-state index in [4.69, 9.17) is 0 Å². The molecule has 0 unspecified atom stereocenters. The Hall–Kier alpha value is -0.860. The molecular weight excluding hydrogens is 176 g/mol. The van der Waals surface area contributed by atoms with Crippen molar-refractivity contribution in [2.24, 2.45) is 5.92 Å². The van der Waals surface area contributed by atoms with Gasteiger partial charge in [-0.15, -0.1) is 0 Å². The molecular formula is C12H18O2. The fourth-order valence-electron chi connectivity index (χ4n) is 1.33. The van der Waals surface area contributed by atoms with Crippen molar-refractivity contribution in [3.8, 4) is 0 Å². The summed E-state index contributed by atoms with van der Waals surface area (Å²) in [6, 6.07) is 9.41. The summed E-state index contributed by atoms with van der Waals surface area (Å²) in [5.74, 6) is -0.190. The van der Waals surface area contributed by atoms with E-state index >= 15 is 0 Å². The van der Waals surface area contributed by atoms with Crippen molar-refractivity contribution in [1.82, 2.24) is 0 Å². The topological polar surface area (TPSA) is 40.5 Å². The Labute approximate surface area is 85.2 Å². The van der Waals surface area contributed by atoms with Crippen LogP contribution in [0.3, 0.4) is 0 Å². The lowest BCUT2D eigenvalue weighted by atomic mass is 9.85. The van der Waals surface area contributed by atoms with Crippen molar-refractivity contribution < 1.29 is 10.2 Å². The fraction of sp³-hybridized carbons (Fsp3) is 0.500. The summed E-state index contributed by atoms with van der Waals surface area (Å²) in [6.07, 6.45) is -0.615. The second-order valence-electron chi connectivity index (χ2n) is 4.30. The van der Waals surface area contributed by atoms with Gasteiger partial charge in [-0.05, 0) is 19.4 Å². The Balaban J connectivity index is 2.81. The van der Waals surface area contributed by atoms with Gasteiger partial charge in [0.1, 0.15) is 0 Å². The first kappa shape index (κ1) is 11.2. The first-order chi connectivity index (χ1) is 6.43. The molecule has 1 aromatic rings. The van der Waals surface area contributed by atoms with Crippen molar-refractivity contribution in [3.05, 3.63) is 35.9 Å². The van der Waals surface area contributed by atoms with Gasteiger partial charge < -0.3 is 10.2 Å². The predicted octanol–water partition coefficient (Wildman–Crippen LogP) is 2.13. The minimum absolute atomic E-state index is 0.190. The Bertz CT molecular complexity index is 274. The van der Waals surface area contributed by atoms with Gasteiger partial charge in [0, 0.05) is 5.92 Å². The van der Waals surface area contributed by atoms with Gasteiger partial charge in [-0.2, -0.15) is 0 Å². The summed E-state index contributed by atoms with van der Waals surface area (Å²) in [7, 11) is 0. The van der Waals surface area contributed by atoms with E-state index in [2.05, 4.69) is 0 Å². The van der Waals surface area contributed by atoms with Gasteiger partial charge in [0.2, 0.25) is 0 Å². The minimum Gasteiger partial charge on any atom is -0.390 e. The Morgan fingerprint density at radius 1 is 1.14 bits per heavy atom. The summed E-state index contributed by atoms with van der Waals surface area (Å²) in [5, 5.41) is 19.7. The predicted molar refractivity (Wildman–Crippen MR) is 56.9 cm³/mol. The van der Waals surface area contributed by atoms with Gasteiger partial charge in [-0.1, -0.05) is 37.3 Å². The molecule has 2 N–H and O–H groups in total. The van der Waals surface area contributed by atoms with Gasteiger partial charge in [0.25, 0.3) is 0 Å². The van der Waals surface area contributed by atoms with Gasteiger partial charge in [-0.25, -0.2) is 0 Å². The third-order valence-corrected chi connectivity index (χ3v) is 2.73. The third kappa shape index (κ3) is 2.56. The molecule has 0 bridgehead atoms. The highest BCUT2D eigenvalue weighted by atomic mass is 16.3. The average molecular weight is 194 g/mol. The van der Waals surface area contributed by atoms with Gasteiger partial charge in [0.15, 0.2) is 0 Å². The Morgan fingerprint density at radius 3 is 2.07 bits per heavy atom. The number of benzene rings is 1. The van der Waals surface area contributed by atoms with E-state index in [9.17, 15) is 10.2 Å². The van der Waals surface area contributed by atoms with E-state index in [0.29, 0.717) is 0 Å². The van der Waals surface area contributed by atoms with Crippen LogP contribution in [0.5, 0.6) is 0 Å². The highest BCUT2D eigenvalue weighted by Crippen LogP contribution is 2.29. The summed E-state index contributed by atoms with van der Waals surface area (Å²) in [4.78, 5) is 0. The molecule has 2 atom stereocenters. The largest absolute Gasteiger partial charge is 0.390 e. The fourth-order valence-corrected chi connectivity index (χ4v) is 1.33. The molecule has 0 saturated carbocycles. The Morgan fingerprint density at radius 2 is 1.64 bits per heavy atom. The van der Waals surface area contributed by atoms with Crippen LogP contribution in [-0.4, -0.2) is 15.8 Å². The van der Waals surface area contributed by atoms with E-state index in [1.807, 2.05) is 37.3 Å². The normalized spacial score (nSPS) is 16.4. The second kappa shape index (κ2) is 4.11. The maximum absolute atomic E-state index is 9.96. The lowest BCUT2D eigenvalue weighted by molar-refractivity contribution is -0.0390. The van der Waals surface area contributed by atoms with E-state index in [1.165, 1.54) is 0 Å². The minimum atomic E-state index is -0.866. The maximum atomic E-state index is 9.96. The van der Waals surface area contributed by atoms with Crippen molar-refractivity contribution >= 4 is 0 Å². The summed E-state index contributed by atoms with van der Waals surface area (Å²) >= 11 is 0. The molecule has 2 nitrogen and oxygen atoms in total. The molecule has 0 saturated heterocycles. The number of aliphatic hydroxyl groups excluding tert-OH is 1. The molecule has 0 heterocycles. The highest BCUT2D eigenvalue weighted by molar-refractivity contribution is 5.18. The third-order valence-electron chi connectivity index (χ3n) is 2.73. The molecule has 78 valence electrons. The molecule has 1 rings (SSSR count). The second-order valence-corrected chi connectivity index (χ2v) is 4.30. The van der Waals surface area contributed by atoms with Gasteiger partial charge in [0.05, 0.1) is 11.7 Å². The van der Waals surface area contributed by atoms with Crippen LogP contribution in [-0.2, 0) is 0 Å². The van der Waals surface area contributed by atoms with Crippen LogP contribution >= 0.6 is 0 Å². The Kier molecular flexibility index (Phi) is 3.29. The molecule has 1 aromatic carbocycles. The molecule has 0 fully saturated rings. The van der Waals surface area contributed by atoms with Gasteiger partial charge >= 0.3 is 0 Å². The van der Waals surface area contributed by atoms with Crippen molar-refractivity contribution in [2.75, 3.05) is 0 Å². The summed E-state index contributed by atoms with van der Waals surface area (Å²) in [6.45, 7) is 5.27. The zero-order chi connectivity index (χ0) is 10.8. The van der Waals surface area contributed by atoms with Crippen LogP contribution in [0.4, 0.5) is 0 Å². The van der Waals surface area contributed by atoms with Crippen LogP contribution in [0.25, 0.3) is 0 Å². The number of aliphatic hydroxyl groups is 2. The van der Waals surface area contributed by atoms with E-state index in [-0.39, 0.29) is 5.92 Å². The molecule has 0 aliphatic rings. The van der Waals surface area contributed by atoms with Crippen LogP contribution in [0, 0.1) is 5.92 Å². The van der Waals surface area contributed by atoms with Crippen LogP contribution in [0.15, 0.2) is 30.3 Å². The molecule has 0 amide bonds. The van der Waals surface area contributed by atoms with E-state index in [0.717, 1.165) is 5.56 Å². The lowest BCUT2D eigenvalue weighted by Gasteiger charge is -2.30. The van der Waals surface area contributed by atoms with Crippen molar-refractivity contribution in [3.63, 3.8) is 0 Å². The summed E-state index contributed by atoms with van der Waals surface area (Å²) < 4.78 is 0. The standard InChI is InChI=1S/C12H18O2/c1-9(12(2,3)14)11(13)10-7-5-4-6-8-10/h4-9,11,13-14H,1-3H3/t9-,11+/m1/s1. The monoisotopic (exact) mass is 194 g/mol. The molecule has 0 aliphatic carbocycles. The van der Waals surface area contributed by atoms with E-state index < -0.39 is 11.7 Å². The van der Waals surface area contributed by atoms with Crippen molar-refractivity contribution in [1.29, 1.82) is 0 Å². The zero-order valence-corrected chi connectivity index (χ0v) is 8.94. The average Bonchev–Trinajstić information content (AvgIpc) is 2.15. The quantitative estimate of drug-likeness (QED) is 0.773. The van der Waals surface area contributed by atoms with Crippen LogP contribution in [0.1, 0.15) is 32.4 Å². The zero-order valence-electron chi connectivity index (χ0n) is 8.94. The first-order valence-electron chi connectivity index (χ1n) is 4.88. The maximum Gasteiger partial charge on any atom is 0.0842 e. The number of hydrogen-bond acceptors (Lipinski definition) is 2. The number of rotatable bonds is 3. The molecule has 0 spiro atoms. The summed E-state index contributed by atoms with van der Waals surface area (Å²) in [5.41, 5.74) is -0.0166. The van der Waals surface area contributed by atoms with Crippen LogP contribution < -0.4 is 0 Å². The van der Waals surface area contributed by atoms with Crippen molar-refractivity contribution in [2.45, 2.75) is 32.5 Å². The molecule has 0 radical (unpaired) electrons. The molecule has 0 aromatic heterocycles. The van der Waals surface area contributed by atoms with Crippen LogP contribution in [0.2, 0.25) is 0 Å². The molecule has 14 heavy (non-hydrogen) atoms. The van der Waals surface area contributed by atoms with E-state index in [1.54, 1.807) is 13.8 Å². The molecule has 2 heteroatoms. The van der Waals surface area contributed by atoms with Gasteiger partial charge in [-0.3, -0.25) is 0 Å². The lowest BCUT2D eigenvalue weighted by Crippen LogP contribution is -2.33. The SMILES string of the molecule is C[C@H]([C@H](O)c1ccccc1)C(C)(C)O. The smallest absolute Gasteiger partial charge is 0.0842 e. The molecule has 0 aliphatic heterocycles. The number of hydrogen-bond donors (Lipinski definition) is 2.